The van der Waals surface area contributed by atoms with E-state index in [0.29, 0.717) is 18.4 Å². The lowest BCUT2D eigenvalue weighted by Crippen LogP contribution is -2.28. The molecule has 2 nitrogen and oxygen atoms in total. The fraction of sp³-hybridized carbons (Fsp3) is 0.778. The average molecular weight is 155 g/mol. The minimum atomic E-state index is -0.280. The largest absolute Gasteiger partial charge is 0.389 e. The lowest BCUT2D eigenvalue weighted by atomic mass is 9.80. The Kier molecular flexibility index (Phi) is 2.68. The summed E-state index contributed by atoms with van der Waals surface area (Å²) in [6, 6.07) is 0. The summed E-state index contributed by atoms with van der Waals surface area (Å²) in [5, 5.41) is 9.52. The van der Waals surface area contributed by atoms with Gasteiger partial charge in [-0.2, -0.15) is 0 Å². The van der Waals surface area contributed by atoms with Gasteiger partial charge in [0.05, 0.1) is 6.10 Å². The zero-order chi connectivity index (χ0) is 8.43. The van der Waals surface area contributed by atoms with E-state index in [0.717, 1.165) is 6.42 Å². The molecule has 0 saturated heterocycles. The highest BCUT2D eigenvalue weighted by Gasteiger charge is 2.24. The van der Waals surface area contributed by atoms with Crippen LogP contribution in [0.5, 0.6) is 0 Å². The zero-order valence-electron chi connectivity index (χ0n) is 7.25. The molecule has 0 saturated carbocycles. The Bertz CT molecular complexity index is 165. The van der Waals surface area contributed by atoms with Crippen LogP contribution in [0.2, 0.25) is 0 Å². The lowest BCUT2D eigenvalue weighted by molar-refractivity contribution is 0.117. The van der Waals surface area contributed by atoms with Gasteiger partial charge in [0, 0.05) is 6.54 Å². The Morgan fingerprint density at radius 1 is 1.64 bits per heavy atom. The second kappa shape index (κ2) is 3.37. The molecular weight excluding hydrogens is 138 g/mol. The van der Waals surface area contributed by atoms with E-state index in [1.165, 1.54) is 5.57 Å². The summed E-state index contributed by atoms with van der Waals surface area (Å²) in [5.41, 5.74) is 6.69. The molecular formula is C9H17NO. The molecule has 1 aliphatic carbocycles. The summed E-state index contributed by atoms with van der Waals surface area (Å²) in [5.74, 6) is 0.943. The van der Waals surface area contributed by atoms with E-state index in [1.807, 2.05) is 6.08 Å². The molecule has 0 aromatic heterocycles. The Labute approximate surface area is 68.1 Å². The van der Waals surface area contributed by atoms with Crippen molar-refractivity contribution in [2.45, 2.75) is 26.4 Å². The van der Waals surface area contributed by atoms with Crippen molar-refractivity contribution < 1.29 is 5.11 Å². The van der Waals surface area contributed by atoms with E-state index in [4.69, 9.17) is 5.73 Å². The van der Waals surface area contributed by atoms with E-state index < -0.39 is 0 Å². The van der Waals surface area contributed by atoms with Gasteiger partial charge in [-0.15, -0.1) is 0 Å². The Hall–Kier alpha value is -0.340. The minimum absolute atomic E-state index is 0.280. The van der Waals surface area contributed by atoms with Crippen molar-refractivity contribution in [2.75, 3.05) is 6.54 Å². The molecule has 0 bridgehead atoms. The second-order valence-electron chi connectivity index (χ2n) is 3.56. The molecule has 0 spiro atoms. The first kappa shape index (κ1) is 8.75. The van der Waals surface area contributed by atoms with Crippen molar-refractivity contribution >= 4 is 0 Å². The molecule has 3 N–H and O–H groups in total. The maximum absolute atomic E-state index is 9.52. The molecule has 0 aliphatic heterocycles. The van der Waals surface area contributed by atoms with E-state index >= 15 is 0 Å². The SMILES string of the molecule is CC1CC(CN)=CC(O)C1C. The summed E-state index contributed by atoms with van der Waals surface area (Å²) < 4.78 is 0. The number of rotatable bonds is 1. The molecule has 0 fully saturated rings. The summed E-state index contributed by atoms with van der Waals surface area (Å²) in [6.07, 6.45) is 2.68. The van der Waals surface area contributed by atoms with Gasteiger partial charge < -0.3 is 10.8 Å². The van der Waals surface area contributed by atoms with Crippen LogP contribution in [0.25, 0.3) is 0 Å². The molecule has 0 heterocycles. The Morgan fingerprint density at radius 3 is 2.73 bits per heavy atom. The second-order valence-corrected chi connectivity index (χ2v) is 3.56. The Morgan fingerprint density at radius 2 is 2.27 bits per heavy atom. The van der Waals surface area contributed by atoms with Crippen LogP contribution < -0.4 is 5.73 Å². The molecule has 0 aromatic rings. The predicted molar refractivity (Wildman–Crippen MR) is 46.1 cm³/mol. The topological polar surface area (TPSA) is 46.2 Å². The highest BCUT2D eigenvalue weighted by atomic mass is 16.3. The van der Waals surface area contributed by atoms with Crippen molar-refractivity contribution in [1.82, 2.24) is 0 Å². The van der Waals surface area contributed by atoms with E-state index in [2.05, 4.69) is 13.8 Å². The van der Waals surface area contributed by atoms with Gasteiger partial charge in [0.25, 0.3) is 0 Å². The maximum Gasteiger partial charge on any atom is 0.0752 e. The predicted octanol–water partition coefficient (Wildman–Crippen LogP) is 0.908. The molecule has 0 amide bonds. The maximum atomic E-state index is 9.52. The van der Waals surface area contributed by atoms with Crippen LogP contribution in [0.3, 0.4) is 0 Å². The summed E-state index contributed by atoms with van der Waals surface area (Å²) in [4.78, 5) is 0. The van der Waals surface area contributed by atoms with Gasteiger partial charge in [-0.3, -0.25) is 0 Å². The van der Waals surface area contributed by atoms with Gasteiger partial charge in [-0.25, -0.2) is 0 Å². The van der Waals surface area contributed by atoms with Crippen LogP contribution in [0, 0.1) is 11.8 Å². The quantitative estimate of drug-likeness (QED) is 0.553. The van der Waals surface area contributed by atoms with E-state index in [9.17, 15) is 5.11 Å². The summed E-state index contributed by atoms with van der Waals surface area (Å²) in [7, 11) is 0. The first-order valence-corrected chi connectivity index (χ1v) is 4.23. The smallest absolute Gasteiger partial charge is 0.0752 e. The molecule has 2 heteroatoms. The number of hydrogen-bond donors (Lipinski definition) is 2. The molecule has 0 radical (unpaired) electrons. The first-order chi connectivity index (χ1) is 5.15. The van der Waals surface area contributed by atoms with Gasteiger partial charge >= 0.3 is 0 Å². The van der Waals surface area contributed by atoms with Crippen LogP contribution in [-0.2, 0) is 0 Å². The molecule has 0 aromatic carbocycles. The highest BCUT2D eigenvalue weighted by Crippen LogP contribution is 2.28. The van der Waals surface area contributed by atoms with Gasteiger partial charge in [0.15, 0.2) is 0 Å². The van der Waals surface area contributed by atoms with Crippen molar-refractivity contribution in [1.29, 1.82) is 0 Å². The first-order valence-electron chi connectivity index (χ1n) is 4.23. The molecule has 11 heavy (non-hydrogen) atoms. The number of nitrogens with two attached hydrogens (primary N) is 1. The van der Waals surface area contributed by atoms with Crippen LogP contribution in [0.15, 0.2) is 11.6 Å². The van der Waals surface area contributed by atoms with Crippen molar-refractivity contribution in [3.8, 4) is 0 Å². The third-order valence-electron chi connectivity index (χ3n) is 2.69. The molecule has 3 atom stereocenters. The van der Waals surface area contributed by atoms with Crippen LogP contribution in [-0.4, -0.2) is 17.8 Å². The molecule has 3 unspecified atom stereocenters. The van der Waals surface area contributed by atoms with Crippen LogP contribution >= 0.6 is 0 Å². The molecule has 64 valence electrons. The fourth-order valence-corrected chi connectivity index (χ4v) is 1.55. The third kappa shape index (κ3) is 1.82. The van der Waals surface area contributed by atoms with E-state index in [1.54, 1.807) is 0 Å². The van der Waals surface area contributed by atoms with E-state index in [-0.39, 0.29) is 6.10 Å². The van der Waals surface area contributed by atoms with Gasteiger partial charge in [-0.05, 0) is 18.3 Å². The van der Waals surface area contributed by atoms with Gasteiger partial charge in [0.1, 0.15) is 0 Å². The van der Waals surface area contributed by atoms with Crippen molar-refractivity contribution in [2.24, 2.45) is 17.6 Å². The lowest BCUT2D eigenvalue weighted by Gasteiger charge is -2.29. The third-order valence-corrected chi connectivity index (χ3v) is 2.69. The monoisotopic (exact) mass is 155 g/mol. The Balaban J connectivity index is 2.68. The normalized spacial score (nSPS) is 38.5. The number of hydrogen-bond acceptors (Lipinski definition) is 2. The number of aliphatic hydroxyl groups is 1. The highest BCUT2D eigenvalue weighted by molar-refractivity contribution is 5.12. The summed E-state index contributed by atoms with van der Waals surface area (Å²) >= 11 is 0. The minimum Gasteiger partial charge on any atom is -0.389 e. The van der Waals surface area contributed by atoms with Gasteiger partial charge in [-0.1, -0.05) is 25.5 Å². The number of aliphatic hydroxyl groups excluding tert-OH is 1. The zero-order valence-corrected chi connectivity index (χ0v) is 7.25. The van der Waals surface area contributed by atoms with Crippen molar-refractivity contribution in [3.63, 3.8) is 0 Å². The van der Waals surface area contributed by atoms with Crippen molar-refractivity contribution in [3.05, 3.63) is 11.6 Å². The van der Waals surface area contributed by atoms with Crippen LogP contribution in [0.4, 0.5) is 0 Å². The standard InChI is InChI=1S/C9H17NO/c1-6-3-8(5-10)4-9(11)7(6)2/h4,6-7,9,11H,3,5,10H2,1-2H3. The summed E-state index contributed by atoms with van der Waals surface area (Å²) in [6.45, 7) is 4.84. The molecule has 1 aliphatic rings. The average Bonchev–Trinajstić information content (AvgIpc) is 1.99. The molecule has 1 rings (SSSR count). The van der Waals surface area contributed by atoms with Crippen LogP contribution in [0.1, 0.15) is 20.3 Å². The fourth-order valence-electron chi connectivity index (χ4n) is 1.55. The van der Waals surface area contributed by atoms with Gasteiger partial charge in [0.2, 0.25) is 0 Å².